The highest BCUT2D eigenvalue weighted by atomic mass is 15.1. The predicted octanol–water partition coefficient (Wildman–Crippen LogP) is 3.52. The van der Waals surface area contributed by atoms with E-state index in [-0.39, 0.29) is 5.92 Å². The van der Waals surface area contributed by atoms with Crippen LogP contribution in [0.15, 0.2) is 36.4 Å². The van der Waals surface area contributed by atoms with Crippen LogP contribution in [0.2, 0.25) is 0 Å². The predicted molar refractivity (Wildman–Crippen MR) is 102 cm³/mol. The molecule has 0 heterocycles. The van der Waals surface area contributed by atoms with Gasteiger partial charge in [0, 0.05) is 56.9 Å². The molecule has 0 saturated heterocycles. The summed E-state index contributed by atoms with van der Waals surface area (Å²) in [5.74, 6) is 0.211. The third kappa shape index (κ3) is 3.52. The maximum atomic E-state index is 6.33. The van der Waals surface area contributed by atoms with E-state index in [9.17, 15) is 0 Å². The minimum Gasteiger partial charge on any atom is -0.398 e. The Morgan fingerprint density at radius 1 is 0.783 bits per heavy atom. The molecule has 23 heavy (non-hydrogen) atoms. The zero-order valence-electron chi connectivity index (χ0n) is 14.8. The van der Waals surface area contributed by atoms with Gasteiger partial charge in [-0.3, -0.25) is 0 Å². The van der Waals surface area contributed by atoms with Gasteiger partial charge in [0.05, 0.1) is 0 Å². The van der Waals surface area contributed by atoms with E-state index < -0.39 is 0 Å². The summed E-state index contributed by atoms with van der Waals surface area (Å²) in [5.41, 5.74) is 18.8. The van der Waals surface area contributed by atoms with Gasteiger partial charge in [0.2, 0.25) is 0 Å². The molecular formula is C19H28N4. The summed E-state index contributed by atoms with van der Waals surface area (Å²) in [6.45, 7) is 2.17. The van der Waals surface area contributed by atoms with Crippen LogP contribution in [-0.2, 0) is 0 Å². The molecule has 4 nitrogen and oxygen atoms in total. The van der Waals surface area contributed by atoms with Crippen molar-refractivity contribution in [2.45, 2.75) is 19.3 Å². The van der Waals surface area contributed by atoms with Crippen molar-refractivity contribution in [1.82, 2.24) is 0 Å². The quantitative estimate of drug-likeness (QED) is 0.829. The minimum atomic E-state index is 0.211. The highest BCUT2D eigenvalue weighted by Gasteiger charge is 2.18. The smallest absolute Gasteiger partial charge is 0.0381 e. The maximum Gasteiger partial charge on any atom is 0.0381 e. The second-order valence-corrected chi connectivity index (χ2v) is 6.38. The van der Waals surface area contributed by atoms with E-state index in [1.54, 1.807) is 0 Å². The van der Waals surface area contributed by atoms with Crippen LogP contribution < -0.4 is 21.3 Å². The van der Waals surface area contributed by atoms with Crippen LogP contribution in [0.3, 0.4) is 0 Å². The van der Waals surface area contributed by atoms with Crippen LogP contribution in [-0.4, -0.2) is 28.2 Å². The summed E-state index contributed by atoms with van der Waals surface area (Å²) >= 11 is 0. The Balaban J connectivity index is 2.44. The van der Waals surface area contributed by atoms with Crippen molar-refractivity contribution in [1.29, 1.82) is 0 Å². The van der Waals surface area contributed by atoms with Crippen molar-refractivity contribution in [2.24, 2.45) is 0 Å². The average Bonchev–Trinajstić information content (AvgIpc) is 2.50. The topological polar surface area (TPSA) is 58.5 Å². The second kappa shape index (κ2) is 6.82. The van der Waals surface area contributed by atoms with E-state index in [2.05, 4.69) is 41.0 Å². The van der Waals surface area contributed by atoms with Crippen molar-refractivity contribution in [3.05, 3.63) is 47.5 Å². The first-order chi connectivity index (χ1) is 10.8. The fraction of sp³-hybridized carbons (Fsp3) is 0.368. The van der Waals surface area contributed by atoms with E-state index >= 15 is 0 Å². The molecular weight excluding hydrogens is 284 g/mol. The van der Waals surface area contributed by atoms with Crippen LogP contribution in [0.1, 0.15) is 30.4 Å². The normalized spacial score (nSPS) is 10.9. The zero-order valence-corrected chi connectivity index (χ0v) is 14.8. The molecule has 0 aliphatic rings. The Morgan fingerprint density at radius 3 is 1.43 bits per heavy atom. The van der Waals surface area contributed by atoms with Gasteiger partial charge in [0.15, 0.2) is 0 Å². The van der Waals surface area contributed by atoms with Crippen LogP contribution in [0.5, 0.6) is 0 Å². The summed E-state index contributed by atoms with van der Waals surface area (Å²) < 4.78 is 0. The van der Waals surface area contributed by atoms with Gasteiger partial charge < -0.3 is 21.3 Å². The highest BCUT2D eigenvalue weighted by molar-refractivity contribution is 5.66. The Labute approximate surface area is 139 Å². The SMILES string of the molecule is CCC(c1ccc(N(C)C)cc1N)c1ccc(N(C)C)cc1N. The lowest BCUT2D eigenvalue weighted by atomic mass is 9.86. The van der Waals surface area contributed by atoms with Crippen LogP contribution >= 0.6 is 0 Å². The molecule has 0 saturated carbocycles. The summed E-state index contributed by atoms with van der Waals surface area (Å²) in [4.78, 5) is 4.11. The van der Waals surface area contributed by atoms with Crippen molar-refractivity contribution in [3.63, 3.8) is 0 Å². The molecule has 124 valence electrons. The molecule has 0 unspecified atom stereocenters. The molecule has 4 N–H and O–H groups in total. The molecule has 0 aliphatic heterocycles. The zero-order chi connectivity index (χ0) is 17.1. The number of hydrogen-bond acceptors (Lipinski definition) is 4. The van der Waals surface area contributed by atoms with Gasteiger partial charge in [-0.15, -0.1) is 0 Å². The summed E-state index contributed by atoms with van der Waals surface area (Å²) in [6, 6.07) is 12.5. The van der Waals surface area contributed by atoms with Crippen molar-refractivity contribution in [3.8, 4) is 0 Å². The van der Waals surface area contributed by atoms with E-state index in [1.165, 1.54) is 0 Å². The van der Waals surface area contributed by atoms with Crippen molar-refractivity contribution >= 4 is 22.7 Å². The first-order valence-corrected chi connectivity index (χ1v) is 7.98. The maximum absolute atomic E-state index is 6.33. The number of benzene rings is 2. The van der Waals surface area contributed by atoms with E-state index in [0.29, 0.717) is 0 Å². The molecule has 0 radical (unpaired) electrons. The molecule has 0 spiro atoms. The lowest BCUT2D eigenvalue weighted by molar-refractivity contribution is 0.781. The van der Waals surface area contributed by atoms with Gasteiger partial charge in [-0.05, 0) is 41.8 Å². The largest absolute Gasteiger partial charge is 0.398 e. The van der Waals surface area contributed by atoms with Gasteiger partial charge in [0.25, 0.3) is 0 Å². The molecule has 0 fully saturated rings. The van der Waals surface area contributed by atoms with E-state index in [0.717, 1.165) is 40.3 Å². The standard InChI is InChI=1S/C19H28N4/c1-6-15(16-9-7-13(22(2)3)11-18(16)20)17-10-8-14(23(4)5)12-19(17)21/h7-12,15H,6,20-21H2,1-5H3. The molecule has 0 amide bonds. The summed E-state index contributed by atoms with van der Waals surface area (Å²) in [7, 11) is 8.07. The molecule has 0 bridgehead atoms. The number of hydrogen-bond donors (Lipinski definition) is 2. The van der Waals surface area contributed by atoms with Gasteiger partial charge in [-0.1, -0.05) is 19.1 Å². The van der Waals surface area contributed by atoms with Crippen molar-refractivity contribution < 1.29 is 0 Å². The van der Waals surface area contributed by atoms with Crippen LogP contribution in [0, 0.1) is 0 Å². The highest BCUT2D eigenvalue weighted by Crippen LogP contribution is 2.37. The van der Waals surface area contributed by atoms with Gasteiger partial charge in [-0.25, -0.2) is 0 Å². The molecule has 2 aromatic carbocycles. The first kappa shape index (κ1) is 17.0. The molecule has 0 aliphatic carbocycles. The number of anilines is 4. The fourth-order valence-electron chi connectivity index (χ4n) is 2.92. The summed E-state index contributed by atoms with van der Waals surface area (Å²) in [5, 5.41) is 0. The number of rotatable bonds is 5. The van der Waals surface area contributed by atoms with E-state index in [4.69, 9.17) is 11.5 Å². The number of nitrogens with two attached hydrogens (primary N) is 2. The lowest BCUT2D eigenvalue weighted by Crippen LogP contribution is -2.12. The Kier molecular flexibility index (Phi) is 5.04. The fourth-order valence-corrected chi connectivity index (χ4v) is 2.92. The van der Waals surface area contributed by atoms with Crippen molar-refractivity contribution in [2.75, 3.05) is 49.5 Å². The monoisotopic (exact) mass is 312 g/mol. The lowest BCUT2D eigenvalue weighted by Gasteiger charge is -2.23. The summed E-state index contributed by atoms with van der Waals surface area (Å²) in [6.07, 6.45) is 0.955. The molecule has 2 aromatic rings. The Morgan fingerprint density at radius 2 is 1.17 bits per heavy atom. The van der Waals surface area contributed by atoms with Gasteiger partial charge in [0.1, 0.15) is 0 Å². The average molecular weight is 312 g/mol. The van der Waals surface area contributed by atoms with Gasteiger partial charge in [-0.2, -0.15) is 0 Å². The molecule has 0 atom stereocenters. The molecule has 2 rings (SSSR count). The third-order valence-electron chi connectivity index (χ3n) is 4.33. The minimum absolute atomic E-state index is 0.211. The Hall–Kier alpha value is -2.36. The molecule has 0 aromatic heterocycles. The van der Waals surface area contributed by atoms with Crippen LogP contribution in [0.25, 0.3) is 0 Å². The van der Waals surface area contributed by atoms with Gasteiger partial charge >= 0.3 is 0 Å². The second-order valence-electron chi connectivity index (χ2n) is 6.38. The van der Waals surface area contributed by atoms with E-state index in [1.807, 2.05) is 40.3 Å². The Bertz CT molecular complexity index is 620. The third-order valence-corrected chi connectivity index (χ3v) is 4.33. The number of nitrogen functional groups attached to an aromatic ring is 2. The number of nitrogens with zero attached hydrogens (tertiary/aromatic N) is 2. The first-order valence-electron chi connectivity index (χ1n) is 7.98. The van der Waals surface area contributed by atoms with Crippen LogP contribution in [0.4, 0.5) is 22.7 Å². The molecule has 4 heteroatoms.